The smallest absolute Gasteiger partial charge is 0.266 e. The molecular weight excluding hydrogens is 472 g/mol. The van der Waals surface area contributed by atoms with Crippen molar-refractivity contribution in [3.05, 3.63) is 81.2 Å². The lowest BCUT2D eigenvalue weighted by Crippen LogP contribution is -2.20. The second kappa shape index (κ2) is 11.4. The van der Waals surface area contributed by atoms with E-state index in [1.807, 2.05) is 37.3 Å². The second-order valence-corrected chi connectivity index (χ2v) is 9.53. The van der Waals surface area contributed by atoms with E-state index in [9.17, 15) is 20.1 Å². The molecule has 0 aliphatic heterocycles. The molecule has 3 aromatic rings. The number of thiophene rings is 1. The quantitative estimate of drug-likeness (QED) is 0.337. The minimum Gasteiger partial charge on any atom is -0.484 e. The first-order valence-electron chi connectivity index (χ1n) is 11.5. The van der Waals surface area contributed by atoms with E-state index in [2.05, 4.69) is 16.7 Å². The van der Waals surface area contributed by atoms with Gasteiger partial charge in [-0.2, -0.15) is 10.5 Å². The van der Waals surface area contributed by atoms with E-state index in [4.69, 9.17) is 4.74 Å². The van der Waals surface area contributed by atoms with E-state index in [1.54, 1.807) is 24.3 Å². The van der Waals surface area contributed by atoms with Crippen LogP contribution >= 0.6 is 11.3 Å². The van der Waals surface area contributed by atoms with Gasteiger partial charge in [-0.3, -0.25) is 9.59 Å². The van der Waals surface area contributed by atoms with Gasteiger partial charge in [-0.15, -0.1) is 11.3 Å². The predicted octanol–water partition coefficient (Wildman–Crippen LogP) is 5.37. The molecule has 36 heavy (non-hydrogen) atoms. The maximum Gasteiger partial charge on any atom is 0.266 e. The molecule has 0 bridgehead atoms. The highest BCUT2D eigenvalue weighted by Crippen LogP contribution is 2.37. The van der Waals surface area contributed by atoms with E-state index in [0.717, 1.165) is 41.7 Å². The Morgan fingerprint density at radius 2 is 1.75 bits per heavy atom. The summed E-state index contributed by atoms with van der Waals surface area (Å²) in [6.45, 7) is 1.82. The van der Waals surface area contributed by atoms with Crippen molar-refractivity contribution >= 4 is 39.9 Å². The van der Waals surface area contributed by atoms with Gasteiger partial charge >= 0.3 is 0 Å². The molecule has 4 rings (SSSR count). The number of anilines is 2. The normalized spacial score (nSPS) is 12.6. The zero-order valence-corrected chi connectivity index (χ0v) is 20.6. The van der Waals surface area contributed by atoms with Crippen LogP contribution in [-0.4, -0.2) is 18.4 Å². The molecule has 0 saturated carbocycles. The number of hydrogen-bond acceptors (Lipinski definition) is 6. The van der Waals surface area contributed by atoms with Crippen LogP contribution < -0.4 is 15.4 Å². The molecule has 0 atom stereocenters. The Bertz CT molecular complexity index is 1390. The van der Waals surface area contributed by atoms with E-state index < -0.39 is 5.91 Å². The Hall–Kier alpha value is -4.40. The molecule has 1 aliphatic rings. The Balaban J connectivity index is 1.37. The summed E-state index contributed by atoms with van der Waals surface area (Å²) in [5, 5.41) is 25.2. The van der Waals surface area contributed by atoms with Crippen LogP contribution in [0.4, 0.5) is 10.7 Å². The van der Waals surface area contributed by atoms with Crippen LogP contribution in [0.1, 0.15) is 40.0 Å². The highest BCUT2D eigenvalue weighted by Gasteiger charge is 2.22. The van der Waals surface area contributed by atoms with Crippen molar-refractivity contribution in [1.29, 1.82) is 10.5 Å². The van der Waals surface area contributed by atoms with Gasteiger partial charge in [0.05, 0.1) is 5.56 Å². The summed E-state index contributed by atoms with van der Waals surface area (Å²) in [6.07, 6.45) is 5.34. The van der Waals surface area contributed by atoms with Crippen LogP contribution in [-0.2, 0) is 22.4 Å². The molecule has 0 saturated heterocycles. The fourth-order valence-corrected chi connectivity index (χ4v) is 5.14. The SMILES string of the molecule is Cc1ccc(NC(=O)COc2ccc(C=C(C#N)C(=O)Nc3sc4c(c3C#N)CCCC4)cc2)cc1. The first kappa shape index (κ1) is 24.7. The summed E-state index contributed by atoms with van der Waals surface area (Å²) in [5.74, 6) is -0.351. The average Bonchev–Trinajstić information content (AvgIpc) is 3.24. The number of ether oxygens (including phenoxy) is 1. The standard InChI is InChI=1S/C28H24N4O3S/c1-18-6-10-21(11-7-18)31-26(33)17-35-22-12-8-19(9-13-22)14-20(15-29)27(34)32-28-24(16-30)23-4-2-3-5-25(23)36-28/h6-14H,2-5,17H2,1H3,(H,31,33)(H,32,34). The number of fused-ring (bicyclic) bond motifs is 1. The fraction of sp³-hybridized carbons (Fsp3) is 0.214. The van der Waals surface area contributed by atoms with Gasteiger partial charge in [-0.1, -0.05) is 29.8 Å². The third-order valence-electron chi connectivity index (χ3n) is 5.77. The van der Waals surface area contributed by atoms with E-state index in [1.165, 1.54) is 17.4 Å². The molecule has 0 spiro atoms. The number of amides is 2. The van der Waals surface area contributed by atoms with Crippen molar-refractivity contribution in [2.75, 3.05) is 17.2 Å². The first-order valence-corrected chi connectivity index (χ1v) is 12.4. The molecule has 1 aliphatic carbocycles. The monoisotopic (exact) mass is 496 g/mol. The van der Waals surface area contributed by atoms with Gasteiger partial charge in [-0.25, -0.2) is 0 Å². The highest BCUT2D eigenvalue weighted by atomic mass is 32.1. The summed E-state index contributed by atoms with van der Waals surface area (Å²) >= 11 is 1.42. The number of carbonyl (C=O) groups is 2. The lowest BCUT2D eigenvalue weighted by Gasteiger charge is -2.09. The average molecular weight is 497 g/mol. The summed E-state index contributed by atoms with van der Waals surface area (Å²) in [6, 6.07) is 18.3. The van der Waals surface area contributed by atoms with Gasteiger partial charge in [0.25, 0.3) is 11.8 Å². The molecule has 1 heterocycles. The van der Waals surface area contributed by atoms with Crippen molar-refractivity contribution < 1.29 is 14.3 Å². The van der Waals surface area contributed by atoms with Crippen LogP contribution in [0.15, 0.2) is 54.1 Å². The number of carbonyl (C=O) groups excluding carboxylic acids is 2. The highest BCUT2D eigenvalue weighted by molar-refractivity contribution is 7.16. The number of benzene rings is 2. The summed E-state index contributed by atoms with van der Waals surface area (Å²) in [5.41, 5.74) is 3.89. The Kier molecular flexibility index (Phi) is 7.79. The molecule has 0 radical (unpaired) electrons. The zero-order valence-electron chi connectivity index (χ0n) is 19.8. The van der Waals surface area contributed by atoms with Crippen molar-refractivity contribution in [3.63, 3.8) is 0 Å². The third-order valence-corrected chi connectivity index (χ3v) is 6.98. The van der Waals surface area contributed by atoms with Crippen LogP contribution in [0.25, 0.3) is 6.08 Å². The first-order chi connectivity index (χ1) is 17.5. The van der Waals surface area contributed by atoms with E-state index in [-0.39, 0.29) is 18.1 Å². The lowest BCUT2D eigenvalue weighted by molar-refractivity contribution is -0.118. The molecule has 7 nitrogen and oxygen atoms in total. The molecule has 0 fully saturated rings. The second-order valence-electron chi connectivity index (χ2n) is 8.42. The molecular formula is C28H24N4O3S. The number of hydrogen-bond donors (Lipinski definition) is 2. The topological polar surface area (TPSA) is 115 Å². The Morgan fingerprint density at radius 3 is 2.44 bits per heavy atom. The molecule has 0 unspecified atom stereocenters. The van der Waals surface area contributed by atoms with E-state index in [0.29, 0.717) is 27.6 Å². The maximum absolute atomic E-state index is 12.8. The van der Waals surface area contributed by atoms with Gasteiger partial charge in [0.2, 0.25) is 0 Å². The number of rotatable bonds is 7. The van der Waals surface area contributed by atoms with Crippen LogP contribution in [0.5, 0.6) is 5.75 Å². The Labute approximate surface area is 213 Å². The van der Waals surface area contributed by atoms with Gasteiger partial charge in [-0.05, 0) is 74.1 Å². The van der Waals surface area contributed by atoms with Crippen LogP contribution in [0.2, 0.25) is 0 Å². The number of nitrogens with one attached hydrogen (secondary N) is 2. The van der Waals surface area contributed by atoms with Crippen molar-refractivity contribution in [2.24, 2.45) is 0 Å². The molecule has 180 valence electrons. The molecule has 2 aromatic carbocycles. The molecule has 2 N–H and O–H groups in total. The minimum absolute atomic E-state index is 0.0728. The number of aryl methyl sites for hydroxylation is 2. The van der Waals surface area contributed by atoms with Crippen molar-refractivity contribution in [1.82, 2.24) is 0 Å². The summed E-state index contributed by atoms with van der Waals surface area (Å²) < 4.78 is 5.54. The summed E-state index contributed by atoms with van der Waals surface area (Å²) in [4.78, 5) is 26.0. The largest absolute Gasteiger partial charge is 0.484 e. The molecule has 2 amide bonds. The minimum atomic E-state index is -0.555. The molecule has 1 aromatic heterocycles. The van der Waals surface area contributed by atoms with Crippen LogP contribution in [0, 0.1) is 29.6 Å². The predicted molar refractivity (Wildman–Crippen MR) is 140 cm³/mol. The lowest BCUT2D eigenvalue weighted by atomic mass is 9.96. The fourth-order valence-electron chi connectivity index (χ4n) is 3.90. The van der Waals surface area contributed by atoms with Gasteiger partial charge in [0.15, 0.2) is 6.61 Å². The van der Waals surface area contributed by atoms with Gasteiger partial charge in [0.1, 0.15) is 28.5 Å². The maximum atomic E-state index is 12.8. The van der Waals surface area contributed by atoms with Crippen molar-refractivity contribution in [2.45, 2.75) is 32.6 Å². The zero-order chi connectivity index (χ0) is 25.5. The Morgan fingerprint density at radius 1 is 1.03 bits per heavy atom. The molecule has 8 heteroatoms. The number of nitriles is 2. The van der Waals surface area contributed by atoms with Gasteiger partial charge in [0, 0.05) is 10.6 Å². The van der Waals surface area contributed by atoms with Crippen LogP contribution in [0.3, 0.4) is 0 Å². The van der Waals surface area contributed by atoms with E-state index >= 15 is 0 Å². The third kappa shape index (κ3) is 5.99. The summed E-state index contributed by atoms with van der Waals surface area (Å²) in [7, 11) is 0. The van der Waals surface area contributed by atoms with Crippen molar-refractivity contribution in [3.8, 4) is 17.9 Å². The van der Waals surface area contributed by atoms with Gasteiger partial charge < -0.3 is 15.4 Å². The number of nitrogens with zero attached hydrogens (tertiary/aromatic N) is 2.